The topological polar surface area (TPSA) is 71.3 Å². The van der Waals surface area contributed by atoms with Gasteiger partial charge >= 0.3 is 0 Å². The Morgan fingerprint density at radius 2 is 1.37 bits per heavy atom. The van der Waals surface area contributed by atoms with Gasteiger partial charge in [0.15, 0.2) is 5.76 Å². The summed E-state index contributed by atoms with van der Waals surface area (Å²) in [6, 6.07) is 26.3. The van der Waals surface area contributed by atoms with E-state index in [2.05, 4.69) is 10.6 Å². The second-order valence-corrected chi connectivity index (χ2v) is 6.96. The summed E-state index contributed by atoms with van der Waals surface area (Å²) < 4.78 is 5.67. The third-order valence-corrected chi connectivity index (χ3v) is 4.62. The Kier molecular flexibility index (Phi) is 5.63. The summed E-state index contributed by atoms with van der Waals surface area (Å²) in [5.74, 6) is 0.138. The summed E-state index contributed by atoms with van der Waals surface area (Å²) in [4.78, 5) is 24.9. The van der Waals surface area contributed by atoms with Gasteiger partial charge in [0, 0.05) is 27.5 Å². The van der Waals surface area contributed by atoms with Gasteiger partial charge in [-0.05, 0) is 66.7 Å². The second-order valence-electron chi connectivity index (χ2n) is 6.53. The van der Waals surface area contributed by atoms with E-state index in [1.807, 2.05) is 18.2 Å². The summed E-state index contributed by atoms with van der Waals surface area (Å²) in [6.07, 6.45) is 0. The zero-order valence-corrected chi connectivity index (χ0v) is 16.5. The molecule has 0 spiro atoms. The van der Waals surface area contributed by atoms with Crippen LogP contribution < -0.4 is 10.6 Å². The number of rotatable bonds is 5. The van der Waals surface area contributed by atoms with Crippen molar-refractivity contribution in [2.45, 2.75) is 0 Å². The van der Waals surface area contributed by atoms with Crippen LogP contribution in [-0.2, 0) is 0 Å². The van der Waals surface area contributed by atoms with Crippen molar-refractivity contribution in [1.82, 2.24) is 0 Å². The van der Waals surface area contributed by atoms with E-state index in [9.17, 15) is 9.59 Å². The number of hydrogen-bond donors (Lipinski definition) is 2. The average Bonchev–Trinajstić information content (AvgIpc) is 3.26. The van der Waals surface area contributed by atoms with Crippen molar-refractivity contribution in [2.75, 3.05) is 10.6 Å². The molecule has 6 heteroatoms. The maximum Gasteiger partial charge on any atom is 0.291 e. The maximum atomic E-state index is 12.6. The number of hydrogen-bond acceptors (Lipinski definition) is 3. The number of halogens is 1. The van der Waals surface area contributed by atoms with Crippen molar-refractivity contribution in [3.8, 4) is 11.3 Å². The molecule has 0 fully saturated rings. The molecule has 0 saturated carbocycles. The summed E-state index contributed by atoms with van der Waals surface area (Å²) in [6.45, 7) is 0. The lowest BCUT2D eigenvalue weighted by Crippen LogP contribution is -2.13. The highest BCUT2D eigenvalue weighted by atomic mass is 35.5. The van der Waals surface area contributed by atoms with Gasteiger partial charge in [0.05, 0.1) is 0 Å². The van der Waals surface area contributed by atoms with Gasteiger partial charge in [0.2, 0.25) is 0 Å². The van der Waals surface area contributed by atoms with E-state index in [1.165, 1.54) is 0 Å². The number of furan rings is 1. The molecular weight excluding hydrogens is 400 g/mol. The van der Waals surface area contributed by atoms with E-state index >= 15 is 0 Å². The van der Waals surface area contributed by atoms with Gasteiger partial charge in [0.25, 0.3) is 11.8 Å². The molecule has 30 heavy (non-hydrogen) atoms. The molecule has 5 nitrogen and oxygen atoms in total. The van der Waals surface area contributed by atoms with Crippen molar-refractivity contribution >= 4 is 34.8 Å². The van der Waals surface area contributed by atoms with Crippen LogP contribution in [0.5, 0.6) is 0 Å². The minimum Gasteiger partial charge on any atom is -0.451 e. The summed E-state index contributed by atoms with van der Waals surface area (Å²) in [5, 5.41) is 6.23. The third-order valence-electron chi connectivity index (χ3n) is 4.37. The van der Waals surface area contributed by atoms with Gasteiger partial charge in [0.1, 0.15) is 5.76 Å². The molecule has 4 aromatic rings. The van der Waals surface area contributed by atoms with Gasteiger partial charge in [-0.3, -0.25) is 9.59 Å². The first-order valence-corrected chi connectivity index (χ1v) is 9.60. The van der Waals surface area contributed by atoms with Gasteiger partial charge in [-0.25, -0.2) is 0 Å². The average molecular weight is 417 g/mol. The molecule has 0 radical (unpaired) electrons. The molecule has 0 atom stereocenters. The Balaban J connectivity index is 1.44. The van der Waals surface area contributed by atoms with Crippen molar-refractivity contribution in [2.24, 2.45) is 0 Å². The Morgan fingerprint density at radius 1 is 0.700 bits per heavy atom. The van der Waals surface area contributed by atoms with Crippen LogP contribution in [-0.4, -0.2) is 11.8 Å². The van der Waals surface area contributed by atoms with Gasteiger partial charge in [-0.2, -0.15) is 0 Å². The molecule has 0 aliphatic rings. The molecule has 4 rings (SSSR count). The second kappa shape index (κ2) is 8.68. The fourth-order valence-electron chi connectivity index (χ4n) is 2.89. The zero-order valence-electron chi connectivity index (χ0n) is 15.8. The molecular formula is C24H17ClN2O3. The smallest absolute Gasteiger partial charge is 0.291 e. The summed E-state index contributed by atoms with van der Waals surface area (Å²) in [5.41, 5.74) is 2.49. The number of carbonyl (C=O) groups is 2. The molecule has 0 bridgehead atoms. The lowest BCUT2D eigenvalue weighted by atomic mass is 10.2. The van der Waals surface area contributed by atoms with Crippen LogP contribution in [0.15, 0.2) is 95.4 Å². The number of anilines is 2. The fraction of sp³-hybridized carbons (Fsp3) is 0. The first-order chi connectivity index (χ1) is 14.6. The predicted molar refractivity (Wildman–Crippen MR) is 118 cm³/mol. The molecule has 2 N–H and O–H groups in total. The standard InChI is InChI=1S/C24H17ClN2O3/c25-18-11-9-16(10-12-18)21-13-14-22(30-21)24(29)27-20-8-4-7-19(15-20)26-23(28)17-5-2-1-3-6-17/h1-15H,(H,26,28)(H,27,29). The lowest BCUT2D eigenvalue weighted by molar-refractivity contribution is 0.0995. The molecule has 1 heterocycles. The zero-order chi connectivity index (χ0) is 20.9. The molecule has 0 aliphatic heterocycles. The van der Waals surface area contributed by atoms with Gasteiger partial charge in [-0.1, -0.05) is 35.9 Å². The molecule has 1 aromatic heterocycles. The van der Waals surface area contributed by atoms with E-state index in [4.69, 9.17) is 16.0 Å². The van der Waals surface area contributed by atoms with E-state index < -0.39 is 0 Å². The summed E-state index contributed by atoms with van der Waals surface area (Å²) in [7, 11) is 0. The highest BCUT2D eigenvalue weighted by Crippen LogP contribution is 2.24. The van der Waals surface area contributed by atoms with Gasteiger partial charge in [-0.15, -0.1) is 0 Å². The van der Waals surface area contributed by atoms with Crippen molar-refractivity contribution in [3.63, 3.8) is 0 Å². The van der Waals surface area contributed by atoms with Crippen molar-refractivity contribution in [3.05, 3.63) is 107 Å². The Hall–Kier alpha value is -3.83. The van der Waals surface area contributed by atoms with Crippen LogP contribution >= 0.6 is 11.6 Å². The van der Waals surface area contributed by atoms with Crippen LogP contribution in [0.3, 0.4) is 0 Å². The molecule has 148 valence electrons. The highest BCUT2D eigenvalue weighted by Gasteiger charge is 2.13. The number of nitrogens with one attached hydrogen (secondary N) is 2. The molecule has 2 amide bonds. The monoisotopic (exact) mass is 416 g/mol. The minimum atomic E-state index is -0.387. The molecule has 0 unspecified atom stereocenters. The normalized spacial score (nSPS) is 10.4. The molecule has 3 aromatic carbocycles. The summed E-state index contributed by atoms with van der Waals surface area (Å²) >= 11 is 5.90. The molecule has 0 aliphatic carbocycles. The Bertz CT molecular complexity index is 1180. The Morgan fingerprint density at radius 3 is 2.07 bits per heavy atom. The number of benzene rings is 3. The lowest BCUT2D eigenvalue weighted by Gasteiger charge is -2.08. The predicted octanol–water partition coefficient (Wildman–Crippen LogP) is 6.10. The SMILES string of the molecule is O=C(Nc1cccc(NC(=O)c2ccc(-c3ccc(Cl)cc3)o2)c1)c1ccccc1. The van der Waals surface area contributed by atoms with E-state index in [1.54, 1.807) is 72.8 Å². The number of carbonyl (C=O) groups excluding carboxylic acids is 2. The molecule has 0 saturated heterocycles. The van der Waals surface area contributed by atoms with Crippen LogP contribution in [0.4, 0.5) is 11.4 Å². The maximum absolute atomic E-state index is 12.6. The van der Waals surface area contributed by atoms with Crippen LogP contribution in [0.1, 0.15) is 20.9 Å². The third kappa shape index (κ3) is 4.59. The van der Waals surface area contributed by atoms with Crippen LogP contribution in [0.2, 0.25) is 5.02 Å². The van der Waals surface area contributed by atoms with Gasteiger partial charge < -0.3 is 15.1 Å². The van der Waals surface area contributed by atoms with E-state index in [-0.39, 0.29) is 17.6 Å². The van der Waals surface area contributed by atoms with E-state index in [0.29, 0.717) is 27.7 Å². The largest absolute Gasteiger partial charge is 0.451 e. The Labute approximate surface area is 178 Å². The van der Waals surface area contributed by atoms with Crippen LogP contribution in [0, 0.1) is 0 Å². The first-order valence-electron chi connectivity index (χ1n) is 9.22. The number of amides is 2. The minimum absolute atomic E-state index is 0.179. The first kappa shape index (κ1) is 19.5. The highest BCUT2D eigenvalue weighted by molar-refractivity contribution is 6.30. The van der Waals surface area contributed by atoms with Crippen LogP contribution in [0.25, 0.3) is 11.3 Å². The fourth-order valence-corrected chi connectivity index (χ4v) is 3.02. The quantitative estimate of drug-likeness (QED) is 0.412. The van der Waals surface area contributed by atoms with Crippen molar-refractivity contribution in [1.29, 1.82) is 0 Å². The van der Waals surface area contributed by atoms with E-state index in [0.717, 1.165) is 5.56 Å². The van der Waals surface area contributed by atoms with Crippen molar-refractivity contribution < 1.29 is 14.0 Å².